The number of unbranched alkanes of at least 4 members (excludes halogenated alkanes) is 5. The van der Waals surface area contributed by atoms with Gasteiger partial charge in [0.15, 0.2) is 17.7 Å². The fourth-order valence-electron chi connectivity index (χ4n) is 4.40. The first kappa shape index (κ1) is 35.4. The summed E-state index contributed by atoms with van der Waals surface area (Å²) in [7, 11) is 6.18. The standard InChI is InChI=1S/C33H40F2N2O4.C2H6/c1-37(2,3)31(23-25-13-9-8-10-14-25)32(38)36-21-11-6-4-5-7-12-22-40-27-16-18-28(19-17-27)41-33(39)26-15-20-29(34)30(35)24-26;1-2/h8-10,13-20,24,31H,4-7,11-12,21-23H2,1-3H3;1-2H3/p+1. The number of hydrogen-bond donors (Lipinski definition) is 1. The molecule has 1 unspecified atom stereocenters. The Morgan fingerprint density at radius 3 is 2.00 bits per heavy atom. The molecule has 0 heterocycles. The Morgan fingerprint density at radius 2 is 1.37 bits per heavy atom. The summed E-state index contributed by atoms with van der Waals surface area (Å²) in [6.07, 6.45) is 6.94. The predicted octanol–water partition coefficient (Wildman–Crippen LogP) is 7.36. The molecule has 1 amide bonds. The molecule has 0 saturated heterocycles. The predicted molar refractivity (Wildman–Crippen MR) is 167 cm³/mol. The number of ether oxygens (including phenoxy) is 2. The van der Waals surface area contributed by atoms with Crippen LogP contribution < -0.4 is 14.8 Å². The van der Waals surface area contributed by atoms with E-state index in [-0.39, 0.29) is 23.3 Å². The number of carbonyl (C=O) groups excluding carboxylic acids is 2. The van der Waals surface area contributed by atoms with Crippen LogP contribution in [0.2, 0.25) is 0 Å². The van der Waals surface area contributed by atoms with Crippen molar-refractivity contribution in [1.82, 2.24) is 5.32 Å². The van der Waals surface area contributed by atoms with Gasteiger partial charge in [0.05, 0.1) is 33.3 Å². The van der Waals surface area contributed by atoms with E-state index in [0.29, 0.717) is 23.4 Å². The average molecular weight is 598 g/mol. The van der Waals surface area contributed by atoms with Crippen LogP contribution in [0, 0.1) is 11.6 Å². The molecule has 0 aliphatic heterocycles. The van der Waals surface area contributed by atoms with Gasteiger partial charge < -0.3 is 19.3 Å². The van der Waals surface area contributed by atoms with Gasteiger partial charge >= 0.3 is 5.97 Å². The molecule has 0 bridgehead atoms. The molecule has 234 valence electrons. The van der Waals surface area contributed by atoms with Crippen molar-refractivity contribution in [3.63, 3.8) is 0 Å². The topological polar surface area (TPSA) is 64.6 Å². The maximum atomic E-state index is 13.3. The van der Waals surface area contributed by atoms with Gasteiger partial charge in [-0.1, -0.05) is 69.9 Å². The zero-order valence-corrected chi connectivity index (χ0v) is 26.2. The Bertz CT molecular complexity index is 1240. The van der Waals surface area contributed by atoms with Crippen molar-refractivity contribution in [2.75, 3.05) is 34.3 Å². The number of nitrogens with zero attached hydrogens (tertiary/aromatic N) is 1. The number of likely N-dealkylation sites (N-methyl/N-ethyl adjacent to an activating group) is 1. The molecule has 0 aliphatic carbocycles. The van der Waals surface area contributed by atoms with Gasteiger partial charge in [-0.25, -0.2) is 13.6 Å². The third-order valence-corrected chi connectivity index (χ3v) is 6.84. The smallest absolute Gasteiger partial charge is 0.343 e. The van der Waals surface area contributed by atoms with E-state index in [2.05, 4.69) is 38.6 Å². The third kappa shape index (κ3) is 13.0. The second-order valence-corrected chi connectivity index (χ2v) is 11.1. The van der Waals surface area contributed by atoms with E-state index in [1.807, 2.05) is 32.0 Å². The van der Waals surface area contributed by atoms with E-state index < -0.39 is 17.6 Å². The van der Waals surface area contributed by atoms with Gasteiger partial charge in [0.1, 0.15) is 11.5 Å². The van der Waals surface area contributed by atoms with Gasteiger partial charge in [-0.2, -0.15) is 0 Å². The minimum atomic E-state index is -1.10. The normalized spacial score (nSPS) is 11.6. The molecule has 1 atom stereocenters. The first-order valence-electron chi connectivity index (χ1n) is 15.2. The summed E-state index contributed by atoms with van der Waals surface area (Å²) in [6, 6.07) is 19.5. The van der Waals surface area contributed by atoms with Crippen LogP contribution in [0.5, 0.6) is 11.5 Å². The lowest BCUT2D eigenvalue weighted by Gasteiger charge is -2.33. The first-order valence-corrected chi connectivity index (χ1v) is 15.2. The van der Waals surface area contributed by atoms with Crippen molar-refractivity contribution in [2.24, 2.45) is 0 Å². The third-order valence-electron chi connectivity index (χ3n) is 6.84. The second-order valence-electron chi connectivity index (χ2n) is 11.1. The van der Waals surface area contributed by atoms with Crippen LogP contribution in [-0.4, -0.2) is 56.7 Å². The second kappa shape index (κ2) is 18.7. The maximum absolute atomic E-state index is 13.3. The lowest BCUT2D eigenvalue weighted by Crippen LogP contribution is -2.55. The van der Waals surface area contributed by atoms with E-state index in [9.17, 15) is 18.4 Å². The van der Waals surface area contributed by atoms with Gasteiger partial charge in [0, 0.05) is 13.0 Å². The SMILES string of the molecule is CC.C[N+](C)(C)C(Cc1ccccc1)C(=O)NCCCCCCCCOc1ccc(OC(=O)c2ccc(F)c(F)c2)cc1. The molecule has 3 aromatic rings. The zero-order valence-electron chi connectivity index (χ0n) is 26.2. The van der Waals surface area contributed by atoms with Crippen molar-refractivity contribution in [1.29, 1.82) is 0 Å². The van der Waals surface area contributed by atoms with E-state index in [1.165, 1.54) is 11.6 Å². The molecule has 0 spiro atoms. The molecule has 0 aliphatic rings. The van der Waals surface area contributed by atoms with Crippen LogP contribution in [0.25, 0.3) is 0 Å². The fraction of sp³-hybridized carbons (Fsp3) is 0.429. The highest BCUT2D eigenvalue weighted by atomic mass is 19.2. The van der Waals surface area contributed by atoms with Crippen molar-refractivity contribution < 1.29 is 32.3 Å². The maximum Gasteiger partial charge on any atom is 0.343 e. The van der Waals surface area contributed by atoms with E-state index in [0.717, 1.165) is 57.1 Å². The summed E-state index contributed by atoms with van der Waals surface area (Å²) in [5.74, 6) is -1.84. The minimum Gasteiger partial charge on any atom is -0.494 e. The molecule has 3 aromatic carbocycles. The van der Waals surface area contributed by atoms with Gasteiger partial charge in [-0.15, -0.1) is 0 Å². The Balaban J connectivity index is 0.00000316. The summed E-state index contributed by atoms with van der Waals surface area (Å²) in [4.78, 5) is 25.0. The zero-order chi connectivity index (χ0) is 31.7. The number of hydrogen-bond acceptors (Lipinski definition) is 4. The highest BCUT2D eigenvalue weighted by Crippen LogP contribution is 2.20. The van der Waals surface area contributed by atoms with Gasteiger partial charge in [0.25, 0.3) is 5.91 Å². The summed E-state index contributed by atoms with van der Waals surface area (Å²) >= 11 is 0. The monoisotopic (exact) mass is 597 g/mol. The molecule has 0 fully saturated rings. The Kier molecular flexibility index (Phi) is 15.4. The van der Waals surface area contributed by atoms with Crippen LogP contribution >= 0.6 is 0 Å². The Labute approximate surface area is 255 Å². The molecular formula is C35H47F2N2O4+. The highest BCUT2D eigenvalue weighted by molar-refractivity contribution is 5.91. The molecule has 0 aromatic heterocycles. The fourth-order valence-corrected chi connectivity index (χ4v) is 4.40. The van der Waals surface area contributed by atoms with Gasteiger partial charge in [-0.3, -0.25) is 4.79 Å². The molecule has 43 heavy (non-hydrogen) atoms. The molecule has 0 saturated carbocycles. The van der Waals surface area contributed by atoms with E-state index in [1.54, 1.807) is 24.3 Å². The van der Waals surface area contributed by atoms with Crippen LogP contribution in [0.15, 0.2) is 72.8 Å². The lowest BCUT2D eigenvalue weighted by molar-refractivity contribution is -0.886. The Hall–Kier alpha value is -3.78. The lowest BCUT2D eigenvalue weighted by atomic mass is 10.0. The van der Waals surface area contributed by atoms with Crippen LogP contribution in [-0.2, 0) is 11.2 Å². The molecular weight excluding hydrogens is 550 g/mol. The van der Waals surface area contributed by atoms with Crippen molar-refractivity contribution in [2.45, 2.75) is 64.8 Å². The van der Waals surface area contributed by atoms with Crippen LogP contribution in [0.3, 0.4) is 0 Å². The number of amides is 1. The summed E-state index contributed by atoms with van der Waals surface area (Å²) in [5.41, 5.74) is 1.10. The average Bonchev–Trinajstić information content (AvgIpc) is 3.00. The number of nitrogens with one attached hydrogen (secondary N) is 1. The van der Waals surface area contributed by atoms with Crippen LogP contribution in [0.4, 0.5) is 8.78 Å². The first-order chi connectivity index (χ1) is 20.6. The van der Waals surface area contributed by atoms with Gasteiger partial charge in [0.2, 0.25) is 0 Å². The number of quaternary nitrogens is 1. The summed E-state index contributed by atoms with van der Waals surface area (Å²) in [5, 5.41) is 3.13. The van der Waals surface area contributed by atoms with Crippen LogP contribution in [0.1, 0.15) is 68.3 Å². The molecule has 1 N–H and O–H groups in total. The highest BCUT2D eigenvalue weighted by Gasteiger charge is 2.31. The molecule has 0 radical (unpaired) electrons. The number of halogens is 2. The quantitative estimate of drug-likeness (QED) is 0.0811. The number of rotatable bonds is 16. The van der Waals surface area contributed by atoms with E-state index >= 15 is 0 Å². The molecule has 6 nitrogen and oxygen atoms in total. The largest absolute Gasteiger partial charge is 0.494 e. The molecule has 8 heteroatoms. The van der Waals surface area contributed by atoms with Gasteiger partial charge in [-0.05, 0) is 60.9 Å². The Morgan fingerprint density at radius 1 is 0.767 bits per heavy atom. The van der Waals surface area contributed by atoms with E-state index in [4.69, 9.17) is 9.47 Å². The minimum absolute atomic E-state index is 0.0682. The van der Waals surface area contributed by atoms with Crippen molar-refractivity contribution >= 4 is 11.9 Å². The summed E-state index contributed by atoms with van der Waals surface area (Å²) < 4.78 is 37.9. The number of esters is 1. The molecule has 3 rings (SSSR count). The number of benzene rings is 3. The van der Waals surface area contributed by atoms with Crippen molar-refractivity contribution in [3.8, 4) is 11.5 Å². The van der Waals surface area contributed by atoms with Crippen molar-refractivity contribution in [3.05, 3.63) is 95.6 Å². The summed E-state index contributed by atoms with van der Waals surface area (Å²) in [6.45, 7) is 5.28. The number of carbonyl (C=O) groups is 2.